The Kier molecular flexibility index (Phi) is 6.51. The van der Waals surface area contributed by atoms with Crippen LogP contribution in [-0.4, -0.2) is 0 Å². The largest absolute Gasteiger partial charge is 0.489 e. The molecule has 0 saturated heterocycles. The summed E-state index contributed by atoms with van der Waals surface area (Å²) in [6.45, 7) is 1.67. The quantitative estimate of drug-likeness (QED) is 0.534. The third kappa shape index (κ3) is 5.21. The molecule has 0 radical (unpaired) electrons. The number of hydrogen-bond donors (Lipinski definition) is 1. The minimum atomic E-state index is -0.356. The summed E-state index contributed by atoms with van der Waals surface area (Å²) in [5, 5.41) is 4.49. The van der Waals surface area contributed by atoms with Gasteiger partial charge in [0.05, 0.1) is 5.02 Å². The van der Waals surface area contributed by atoms with Gasteiger partial charge in [-0.2, -0.15) is 0 Å². The Labute approximate surface area is 162 Å². The summed E-state index contributed by atoms with van der Waals surface area (Å²) < 4.78 is 18.9. The van der Waals surface area contributed by atoms with E-state index in [2.05, 4.69) is 5.32 Å². The molecule has 3 rings (SSSR count). The summed E-state index contributed by atoms with van der Waals surface area (Å²) >= 11 is 12.2. The topological polar surface area (TPSA) is 21.3 Å². The SMILES string of the molecule is Fc1ccc(COc2cccc(CNCc3ccccc3Cl)c2)c(Cl)c1. The van der Waals surface area contributed by atoms with Crippen LogP contribution in [0.4, 0.5) is 4.39 Å². The molecule has 134 valence electrons. The van der Waals surface area contributed by atoms with Gasteiger partial charge >= 0.3 is 0 Å². The van der Waals surface area contributed by atoms with E-state index >= 15 is 0 Å². The monoisotopic (exact) mass is 389 g/mol. The third-order valence-corrected chi connectivity index (χ3v) is 4.63. The predicted octanol–water partition coefficient (Wildman–Crippen LogP) is 6.00. The van der Waals surface area contributed by atoms with Crippen molar-refractivity contribution in [3.63, 3.8) is 0 Å². The van der Waals surface area contributed by atoms with Crippen molar-refractivity contribution >= 4 is 23.2 Å². The zero-order chi connectivity index (χ0) is 18.4. The number of hydrogen-bond acceptors (Lipinski definition) is 2. The zero-order valence-electron chi connectivity index (χ0n) is 14.0. The summed E-state index contributed by atoms with van der Waals surface area (Å²) in [7, 11) is 0. The summed E-state index contributed by atoms with van der Waals surface area (Å²) in [4.78, 5) is 0. The number of rotatable bonds is 7. The first kappa shape index (κ1) is 18.7. The lowest BCUT2D eigenvalue weighted by molar-refractivity contribution is 0.306. The Bertz CT molecular complexity index is 885. The third-order valence-electron chi connectivity index (χ3n) is 3.91. The highest BCUT2D eigenvalue weighted by Crippen LogP contribution is 2.21. The molecular formula is C21H18Cl2FNO. The summed E-state index contributed by atoms with van der Waals surface area (Å²) in [5.74, 6) is 0.382. The molecule has 3 aromatic carbocycles. The maximum absolute atomic E-state index is 13.1. The van der Waals surface area contributed by atoms with Crippen LogP contribution in [0.25, 0.3) is 0 Å². The van der Waals surface area contributed by atoms with Crippen molar-refractivity contribution in [1.82, 2.24) is 5.32 Å². The van der Waals surface area contributed by atoms with Crippen LogP contribution in [0.3, 0.4) is 0 Å². The zero-order valence-corrected chi connectivity index (χ0v) is 15.5. The molecule has 0 atom stereocenters. The molecule has 0 bridgehead atoms. The normalized spacial score (nSPS) is 10.7. The van der Waals surface area contributed by atoms with Crippen LogP contribution in [0.15, 0.2) is 66.7 Å². The van der Waals surface area contributed by atoms with E-state index in [-0.39, 0.29) is 12.4 Å². The van der Waals surface area contributed by atoms with Gasteiger partial charge in [-0.15, -0.1) is 0 Å². The van der Waals surface area contributed by atoms with Crippen LogP contribution in [0, 0.1) is 5.82 Å². The van der Waals surface area contributed by atoms with Gasteiger partial charge in [0.25, 0.3) is 0 Å². The van der Waals surface area contributed by atoms with Crippen molar-refractivity contribution in [1.29, 1.82) is 0 Å². The molecular weight excluding hydrogens is 372 g/mol. The first-order valence-corrected chi connectivity index (χ1v) is 8.97. The molecule has 2 nitrogen and oxygen atoms in total. The number of benzene rings is 3. The smallest absolute Gasteiger partial charge is 0.124 e. The fourth-order valence-corrected chi connectivity index (χ4v) is 2.95. The molecule has 0 saturated carbocycles. The Morgan fingerprint density at radius 2 is 1.65 bits per heavy atom. The van der Waals surface area contributed by atoms with Crippen molar-refractivity contribution in [2.45, 2.75) is 19.7 Å². The summed E-state index contributed by atoms with van der Waals surface area (Å²) in [6, 6.07) is 19.9. The van der Waals surface area contributed by atoms with E-state index < -0.39 is 0 Å². The van der Waals surface area contributed by atoms with Crippen molar-refractivity contribution < 1.29 is 9.13 Å². The number of nitrogens with one attached hydrogen (secondary N) is 1. The molecule has 0 fully saturated rings. The molecule has 0 heterocycles. The van der Waals surface area contributed by atoms with E-state index in [0.29, 0.717) is 18.1 Å². The van der Waals surface area contributed by atoms with Crippen molar-refractivity contribution in [3.05, 3.63) is 99.3 Å². The molecule has 5 heteroatoms. The van der Waals surface area contributed by atoms with Crippen LogP contribution in [0.5, 0.6) is 5.75 Å². The lowest BCUT2D eigenvalue weighted by atomic mass is 10.2. The Hall–Kier alpha value is -2.07. The predicted molar refractivity (Wildman–Crippen MR) is 104 cm³/mol. The highest BCUT2D eigenvalue weighted by Gasteiger charge is 2.04. The first-order valence-electron chi connectivity index (χ1n) is 8.21. The van der Waals surface area contributed by atoms with Gasteiger partial charge in [0.2, 0.25) is 0 Å². The minimum Gasteiger partial charge on any atom is -0.489 e. The van der Waals surface area contributed by atoms with Gasteiger partial charge in [-0.05, 0) is 41.5 Å². The second-order valence-electron chi connectivity index (χ2n) is 5.87. The minimum absolute atomic E-state index is 0.287. The van der Waals surface area contributed by atoms with Crippen LogP contribution >= 0.6 is 23.2 Å². The van der Waals surface area contributed by atoms with Crippen LogP contribution in [0.2, 0.25) is 10.0 Å². The fourth-order valence-electron chi connectivity index (χ4n) is 2.53. The van der Waals surface area contributed by atoms with E-state index in [0.717, 1.165) is 27.5 Å². The molecule has 0 aliphatic carbocycles. The number of ether oxygens (including phenoxy) is 1. The van der Waals surface area contributed by atoms with Crippen LogP contribution in [-0.2, 0) is 19.7 Å². The second-order valence-corrected chi connectivity index (χ2v) is 6.68. The Balaban J connectivity index is 1.55. The fraction of sp³-hybridized carbons (Fsp3) is 0.143. The Morgan fingerprint density at radius 1 is 0.808 bits per heavy atom. The van der Waals surface area contributed by atoms with E-state index in [9.17, 15) is 4.39 Å². The van der Waals surface area contributed by atoms with E-state index in [1.165, 1.54) is 12.1 Å². The van der Waals surface area contributed by atoms with Gasteiger partial charge in [-0.1, -0.05) is 59.6 Å². The van der Waals surface area contributed by atoms with Gasteiger partial charge < -0.3 is 10.1 Å². The van der Waals surface area contributed by atoms with Gasteiger partial charge in [-0.25, -0.2) is 4.39 Å². The van der Waals surface area contributed by atoms with Crippen LogP contribution in [0.1, 0.15) is 16.7 Å². The Morgan fingerprint density at radius 3 is 2.46 bits per heavy atom. The lowest BCUT2D eigenvalue weighted by Crippen LogP contribution is -2.13. The average Bonchev–Trinajstić information content (AvgIpc) is 2.63. The summed E-state index contributed by atoms with van der Waals surface area (Å²) in [5.41, 5.74) is 2.91. The number of halogens is 3. The summed E-state index contributed by atoms with van der Waals surface area (Å²) in [6.07, 6.45) is 0. The lowest BCUT2D eigenvalue weighted by Gasteiger charge is -2.10. The molecule has 1 N–H and O–H groups in total. The highest BCUT2D eigenvalue weighted by atomic mass is 35.5. The maximum atomic E-state index is 13.1. The van der Waals surface area contributed by atoms with Gasteiger partial charge in [0.15, 0.2) is 0 Å². The van der Waals surface area contributed by atoms with E-state index in [1.807, 2.05) is 48.5 Å². The van der Waals surface area contributed by atoms with E-state index in [4.69, 9.17) is 27.9 Å². The molecule has 0 spiro atoms. The maximum Gasteiger partial charge on any atom is 0.124 e. The average molecular weight is 390 g/mol. The van der Waals surface area contributed by atoms with Gasteiger partial charge in [0.1, 0.15) is 18.2 Å². The van der Waals surface area contributed by atoms with Crippen LogP contribution < -0.4 is 10.1 Å². The second kappa shape index (κ2) is 9.04. The van der Waals surface area contributed by atoms with Crippen molar-refractivity contribution in [3.8, 4) is 5.75 Å². The van der Waals surface area contributed by atoms with Crippen molar-refractivity contribution in [2.75, 3.05) is 0 Å². The van der Waals surface area contributed by atoms with Gasteiger partial charge in [-0.3, -0.25) is 0 Å². The molecule has 26 heavy (non-hydrogen) atoms. The molecule has 0 aromatic heterocycles. The van der Waals surface area contributed by atoms with Gasteiger partial charge in [0, 0.05) is 23.7 Å². The molecule has 3 aromatic rings. The standard InChI is InChI=1S/C21H18Cl2FNO/c22-20-7-2-1-5-16(20)13-25-12-15-4-3-6-19(10-15)26-14-17-8-9-18(24)11-21(17)23/h1-11,25H,12-14H2. The van der Waals surface area contributed by atoms with Crippen molar-refractivity contribution in [2.24, 2.45) is 0 Å². The highest BCUT2D eigenvalue weighted by molar-refractivity contribution is 6.31. The first-order chi connectivity index (χ1) is 12.6. The molecule has 0 unspecified atom stereocenters. The molecule has 0 aliphatic rings. The van der Waals surface area contributed by atoms with E-state index in [1.54, 1.807) is 6.07 Å². The molecule has 0 amide bonds. The molecule has 0 aliphatic heterocycles.